The van der Waals surface area contributed by atoms with Crippen LogP contribution in [-0.4, -0.2) is 62.0 Å². The van der Waals surface area contributed by atoms with E-state index in [9.17, 15) is 13.4 Å². The Kier molecular flexibility index (Phi) is 7.51. The Morgan fingerprint density at radius 3 is 2.64 bits per heavy atom. The Morgan fingerprint density at radius 1 is 1.19 bits per heavy atom. The van der Waals surface area contributed by atoms with Gasteiger partial charge in [0.05, 0.1) is 35.2 Å². The number of benzene rings is 2. The molecule has 2 aromatic heterocycles. The summed E-state index contributed by atoms with van der Waals surface area (Å²) in [5, 5.41) is 8.20. The van der Waals surface area contributed by atoms with Crippen LogP contribution in [0.2, 0.25) is 0 Å². The van der Waals surface area contributed by atoms with Crippen molar-refractivity contribution >= 4 is 32.2 Å². The molecule has 2 aromatic carbocycles. The normalized spacial score (nSPS) is 14.0. The Hall–Kier alpha value is -3.56. The van der Waals surface area contributed by atoms with Crippen molar-refractivity contribution in [1.29, 1.82) is 0 Å². The second-order valence-electron chi connectivity index (χ2n) is 8.94. The van der Waals surface area contributed by atoms with E-state index >= 15 is 0 Å². The maximum Gasteiger partial charge on any atom is 0.254 e. The monoisotopic (exact) mass is 507 g/mol. The third-order valence-electron chi connectivity index (χ3n) is 6.22. The second-order valence-corrected chi connectivity index (χ2v) is 11.4. The number of hydrogen-bond acceptors (Lipinski definition) is 5. The quantitative estimate of drug-likeness (QED) is 0.346. The van der Waals surface area contributed by atoms with Gasteiger partial charge in [-0.2, -0.15) is 5.10 Å². The first kappa shape index (κ1) is 25.5. The number of fused-ring (bicyclic) bond motifs is 1. The van der Waals surface area contributed by atoms with Crippen LogP contribution in [0.4, 0.5) is 4.39 Å². The van der Waals surface area contributed by atoms with Gasteiger partial charge >= 0.3 is 0 Å². The minimum Gasteiger partial charge on any atom is -0.345 e. The lowest BCUT2D eigenvalue weighted by Crippen LogP contribution is -2.32. The lowest BCUT2D eigenvalue weighted by molar-refractivity contribution is 0.0933. The van der Waals surface area contributed by atoms with Gasteiger partial charge in [0.1, 0.15) is 5.82 Å². The molecule has 0 saturated heterocycles. The molecule has 0 radical (unpaired) electrons. The summed E-state index contributed by atoms with van der Waals surface area (Å²) in [5.74, 6) is 3.18. The van der Waals surface area contributed by atoms with Crippen molar-refractivity contribution in [3.8, 4) is 5.69 Å². The summed E-state index contributed by atoms with van der Waals surface area (Å²) in [4.78, 5) is 20.6. The molecule has 9 heteroatoms. The van der Waals surface area contributed by atoms with Crippen LogP contribution in [0.5, 0.6) is 0 Å². The molecular formula is C27H30FN5O2S. The third-order valence-corrected chi connectivity index (χ3v) is 7.47. The van der Waals surface area contributed by atoms with Gasteiger partial charge in [0.15, 0.2) is 0 Å². The number of carbonyl (C=O) groups is 1. The number of amides is 1. The number of nitrogens with zero attached hydrogens (tertiary/aromatic N) is 4. The highest BCUT2D eigenvalue weighted by molar-refractivity contribution is 7.99. The van der Waals surface area contributed by atoms with Gasteiger partial charge < -0.3 is 10.2 Å². The molecule has 0 aliphatic heterocycles. The van der Waals surface area contributed by atoms with E-state index in [1.54, 1.807) is 41.5 Å². The number of halogens is 1. The summed E-state index contributed by atoms with van der Waals surface area (Å²) in [5.41, 5.74) is 2.56. The van der Waals surface area contributed by atoms with Gasteiger partial charge in [-0.05, 0) is 77.4 Å². The van der Waals surface area contributed by atoms with Gasteiger partial charge in [0.25, 0.3) is 5.91 Å². The van der Waals surface area contributed by atoms with E-state index < -0.39 is 9.52 Å². The third kappa shape index (κ3) is 5.63. The highest BCUT2D eigenvalue weighted by Crippen LogP contribution is 2.24. The molecule has 2 unspecified atom stereocenters. The fraction of sp³-hybridized carbons (Fsp3) is 0.259. The molecule has 0 aliphatic carbocycles. The van der Waals surface area contributed by atoms with Gasteiger partial charge in [0, 0.05) is 29.3 Å². The number of pyridine rings is 1. The molecule has 0 aliphatic rings. The molecule has 1 amide bonds. The average Bonchev–Trinajstić information content (AvgIpc) is 3.30. The van der Waals surface area contributed by atoms with E-state index in [1.165, 1.54) is 18.3 Å². The summed E-state index contributed by atoms with van der Waals surface area (Å²) in [6.07, 6.45) is 7.04. The van der Waals surface area contributed by atoms with Crippen molar-refractivity contribution < 1.29 is 13.4 Å². The van der Waals surface area contributed by atoms with E-state index in [0.29, 0.717) is 33.5 Å². The van der Waals surface area contributed by atoms with Crippen molar-refractivity contribution in [2.24, 2.45) is 0 Å². The highest BCUT2D eigenvalue weighted by atomic mass is 32.2. The van der Waals surface area contributed by atoms with E-state index in [2.05, 4.69) is 33.1 Å². The largest absolute Gasteiger partial charge is 0.345 e. The average molecular weight is 508 g/mol. The molecule has 1 N–H and O–H groups in total. The van der Waals surface area contributed by atoms with Gasteiger partial charge in [0.2, 0.25) is 0 Å². The molecule has 0 saturated carbocycles. The molecule has 36 heavy (non-hydrogen) atoms. The molecule has 0 spiro atoms. The van der Waals surface area contributed by atoms with Crippen molar-refractivity contribution in [2.45, 2.75) is 24.3 Å². The first-order valence-corrected chi connectivity index (χ1v) is 13.8. The molecule has 2 atom stereocenters. The fourth-order valence-corrected chi connectivity index (χ4v) is 4.73. The van der Waals surface area contributed by atoms with Gasteiger partial charge in [-0.3, -0.25) is 14.0 Å². The standard InChI is InChI=1S/C27H30FN5O2S/c1-5-32(2)14-13-25(19-7-6-8-22(15-19)36(3,4)35)31-27(34)24-16-29-18-26-23(24)17-30-33(26)21-11-9-20(28)10-12-21/h6-12,15-18,25H,3,5,13-14H2,1-2,4H3,(H,31,34). The minimum absolute atomic E-state index is 0.284. The first-order chi connectivity index (χ1) is 17.2. The lowest BCUT2D eigenvalue weighted by atomic mass is 10.0. The summed E-state index contributed by atoms with van der Waals surface area (Å²) in [7, 11) is -0.372. The maximum atomic E-state index is 13.5. The van der Waals surface area contributed by atoms with E-state index in [4.69, 9.17) is 0 Å². The molecule has 0 bridgehead atoms. The zero-order chi connectivity index (χ0) is 25.9. The van der Waals surface area contributed by atoms with Crippen LogP contribution in [-0.2, 0) is 9.52 Å². The zero-order valence-corrected chi connectivity index (χ0v) is 21.5. The molecular weight excluding hydrogens is 477 g/mol. The first-order valence-electron chi connectivity index (χ1n) is 11.7. The second kappa shape index (κ2) is 10.6. The highest BCUT2D eigenvalue weighted by Gasteiger charge is 2.21. The SMILES string of the molecule is C=S(C)(=O)c1cccc(C(CCN(C)CC)NC(=O)c2cncc3c2cnn3-c2ccc(F)cc2)c1. The van der Waals surface area contributed by atoms with Crippen molar-refractivity contribution in [2.75, 3.05) is 26.4 Å². The van der Waals surface area contributed by atoms with Crippen LogP contribution in [0.1, 0.15) is 35.3 Å². The van der Waals surface area contributed by atoms with Crippen LogP contribution in [0.3, 0.4) is 0 Å². The molecule has 188 valence electrons. The van der Waals surface area contributed by atoms with Crippen molar-refractivity contribution in [1.82, 2.24) is 25.0 Å². The predicted octanol–water partition coefficient (Wildman–Crippen LogP) is 4.08. The van der Waals surface area contributed by atoms with Crippen LogP contribution < -0.4 is 5.32 Å². The van der Waals surface area contributed by atoms with Gasteiger partial charge in [-0.1, -0.05) is 19.1 Å². The van der Waals surface area contributed by atoms with E-state index in [-0.39, 0.29) is 17.8 Å². The van der Waals surface area contributed by atoms with Crippen LogP contribution in [0, 0.1) is 5.82 Å². The lowest BCUT2D eigenvalue weighted by Gasteiger charge is -2.23. The topological polar surface area (TPSA) is 80.1 Å². The fourth-order valence-electron chi connectivity index (χ4n) is 3.98. The molecule has 0 fully saturated rings. The summed E-state index contributed by atoms with van der Waals surface area (Å²) in [6, 6.07) is 13.1. The number of aromatic nitrogens is 3. The summed E-state index contributed by atoms with van der Waals surface area (Å²) in [6.45, 7) is 3.73. The summed E-state index contributed by atoms with van der Waals surface area (Å²) < 4.78 is 27.6. The molecule has 4 rings (SSSR count). The Balaban J connectivity index is 1.67. The minimum atomic E-state index is -2.40. The number of nitrogens with one attached hydrogen (secondary N) is 1. The Bertz CT molecular complexity index is 1480. The van der Waals surface area contributed by atoms with Crippen molar-refractivity contribution in [3.05, 3.63) is 84.1 Å². The number of hydrogen-bond donors (Lipinski definition) is 1. The van der Waals surface area contributed by atoms with Crippen LogP contribution in [0.25, 0.3) is 16.6 Å². The van der Waals surface area contributed by atoms with E-state index in [1.807, 2.05) is 25.2 Å². The van der Waals surface area contributed by atoms with Gasteiger partial charge in [-0.15, -0.1) is 0 Å². The molecule has 4 aromatic rings. The Labute approximate surface area is 211 Å². The van der Waals surface area contributed by atoms with Gasteiger partial charge in [-0.25, -0.2) is 9.07 Å². The smallest absolute Gasteiger partial charge is 0.254 e. The zero-order valence-electron chi connectivity index (χ0n) is 20.6. The van der Waals surface area contributed by atoms with Crippen LogP contribution in [0.15, 0.2) is 72.0 Å². The number of carbonyl (C=O) groups excluding carboxylic acids is 1. The summed E-state index contributed by atoms with van der Waals surface area (Å²) >= 11 is 0. The Morgan fingerprint density at radius 2 is 1.94 bits per heavy atom. The van der Waals surface area contributed by atoms with Crippen LogP contribution >= 0.6 is 0 Å². The molecule has 2 heterocycles. The molecule has 7 nitrogen and oxygen atoms in total. The number of rotatable bonds is 9. The maximum absolute atomic E-state index is 13.5. The van der Waals surface area contributed by atoms with E-state index in [0.717, 1.165) is 18.7 Å². The predicted molar refractivity (Wildman–Crippen MR) is 143 cm³/mol. The van der Waals surface area contributed by atoms with Crippen molar-refractivity contribution in [3.63, 3.8) is 0 Å².